The summed E-state index contributed by atoms with van der Waals surface area (Å²) in [5.41, 5.74) is 0.197. The lowest BCUT2D eigenvalue weighted by molar-refractivity contribution is -0.121. The lowest BCUT2D eigenvalue weighted by Crippen LogP contribution is -2.53. The predicted molar refractivity (Wildman–Crippen MR) is 125 cm³/mol. The van der Waals surface area contributed by atoms with Crippen LogP contribution in [0.5, 0.6) is 0 Å². The molecular weight excluding hydrogens is 438 g/mol. The fourth-order valence-electron chi connectivity index (χ4n) is 4.43. The summed E-state index contributed by atoms with van der Waals surface area (Å²) in [6, 6.07) is 4.16. The summed E-state index contributed by atoms with van der Waals surface area (Å²) in [4.78, 5) is 25.2. The number of halogens is 2. The van der Waals surface area contributed by atoms with Crippen molar-refractivity contribution in [2.45, 2.75) is 76.6 Å². The van der Waals surface area contributed by atoms with Gasteiger partial charge in [0.05, 0.1) is 17.1 Å². The van der Waals surface area contributed by atoms with Crippen LogP contribution in [0.4, 0.5) is 0 Å². The van der Waals surface area contributed by atoms with Crippen molar-refractivity contribution in [3.05, 3.63) is 33.8 Å². The third kappa shape index (κ3) is 7.38. The molecule has 172 valence electrons. The molecule has 0 spiro atoms. The lowest BCUT2D eigenvalue weighted by Gasteiger charge is -2.42. The van der Waals surface area contributed by atoms with E-state index in [1.807, 2.05) is 13.8 Å². The summed E-state index contributed by atoms with van der Waals surface area (Å²) < 4.78 is 0. The topological polar surface area (TPSA) is 98.7 Å². The molecule has 1 atom stereocenters. The maximum absolute atomic E-state index is 12.7. The number of rotatable bonds is 8. The van der Waals surface area contributed by atoms with Gasteiger partial charge in [-0.15, -0.1) is 0 Å². The molecule has 1 fully saturated rings. The number of amides is 2. The van der Waals surface area contributed by atoms with Crippen LogP contribution in [0.25, 0.3) is 0 Å². The number of nitrogens with one attached hydrogen (secondary N) is 2. The molecule has 0 saturated heterocycles. The molecule has 0 aliphatic heterocycles. The Morgan fingerprint density at radius 1 is 1.10 bits per heavy atom. The normalized spacial score (nSPS) is 17.4. The van der Waals surface area contributed by atoms with Crippen molar-refractivity contribution >= 4 is 42.1 Å². The van der Waals surface area contributed by atoms with E-state index in [0.29, 0.717) is 24.3 Å². The quantitative estimate of drug-likeness (QED) is 0.427. The molecule has 1 aliphatic rings. The standard InChI is InChI=1S/C22H33BCl2N2O4/c1-15(2)12-19(22(23(30)31)10-6-4-3-5-7-11-22)27-20(28)14-26-21(29)17-13-16(24)8-9-18(17)25/h8-9,13,15,19,30-31H,3-7,10-12,14H2,1-2H3,(H,26,29)(H,27,28)/t19-/m0/s1. The molecular formula is C22H33BCl2N2O4. The first-order valence-electron chi connectivity index (χ1n) is 11.0. The largest absolute Gasteiger partial charge is 0.460 e. The maximum atomic E-state index is 12.7. The number of hydrogen-bond acceptors (Lipinski definition) is 4. The molecule has 1 aliphatic carbocycles. The third-order valence-corrected chi connectivity index (χ3v) is 6.68. The number of carbonyl (C=O) groups is 2. The molecule has 2 amide bonds. The second-order valence-corrected chi connectivity index (χ2v) is 9.77. The molecule has 6 nitrogen and oxygen atoms in total. The SMILES string of the molecule is CC(C)C[C@H](NC(=O)CNC(=O)c1cc(Cl)ccc1Cl)C1(B(O)O)CCCCCCC1. The Balaban J connectivity index is 2.10. The first-order chi connectivity index (χ1) is 14.7. The highest BCUT2D eigenvalue weighted by atomic mass is 35.5. The molecule has 9 heteroatoms. The van der Waals surface area contributed by atoms with Gasteiger partial charge >= 0.3 is 7.12 Å². The highest BCUT2D eigenvalue weighted by Gasteiger charge is 2.48. The second kappa shape index (κ2) is 12.1. The van der Waals surface area contributed by atoms with Crippen molar-refractivity contribution in [1.82, 2.24) is 10.6 Å². The molecule has 0 unspecified atom stereocenters. The Labute approximate surface area is 195 Å². The van der Waals surface area contributed by atoms with Gasteiger partial charge in [0, 0.05) is 16.4 Å². The summed E-state index contributed by atoms with van der Waals surface area (Å²) >= 11 is 12.0. The summed E-state index contributed by atoms with van der Waals surface area (Å²) in [7, 11) is -1.52. The average molecular weight is 471 g/mol. The molecule has 1 aromatic rings. The monoisotopic (exact) mass is 470 g/mol. The Bertz CT molecular complexity index is 753. The van der Waals surface area contributed by atoms with Gasteiger partial charge in [0.15, 0.2) is 0 Å². The van der Waals surface area contributed by atoms with E-state index in [4.69, 9.17) is 23.2 Å². The zero-order valence-electron chi connectivity index (χ0n) is 18.3. The highest BCUT2D eigenvalue weighted by molar-refractivity contribution is 6.46. The van der Waals surface area contributed by atoms with Crippen LogP contribution in [-0.2, 0) is 4.79 Å². The third-order valence-electron chi connectivity index (χ3n) is 6.12. The van der Waals surface area contributed by atoms with Gasteiger partial charge in [0.25, 0.3) is 5.91 Å². The van der Waals surface area contributed by atoms with Gasteiger partial charge in [-0.1, -0.05) is 69.2 Å². The minimum Gasteiger partial charge on any atom is -0.427 e. The van der Waals surface area contributed by atoms with E-state index in [1.54, 1.807) is 6.07 Å². The zero-order valence-corrected chi connectivity index (χ0v) is 19.8. The minimum atomic E-state index is -1.52. The van der Waals surface area contributed by atoms with Crippen LogP contribution in [-0.4, -0.2) is 41.6 Å². The first-order valence-corrected chi connectivity index (χ1v) is 11.8. The summed E-state index contributed by atoms with van der Waals surface area (Å²) in [5.74, 6) is -0.614. The molecule has 1 aromatic carbocycles. The number of carbonyl (C=O) groups excluding carboxylic acids is 2. The van der Waals surface area contributed by atoms with Gasteiger partial charge < -0.3 is 20.7 Å². The van der Waals surface area contributed by atoms with Crippen molar-refractivity contribution in [1.29, 1.82) is 0 Å². The number of benzene rings is 1. The molecule has 4 N–H and O–H groups in total. The Hall–Kier alpha value is -1.28. The highest BCUT2D eigenvalue weighted by Crippen LogP contribution is 2.47. The van der Waals surface area contributed by atoms with Crippen molar-refractivity contribution < 1.29 is 19.6 Å². The Kier molecular flexibility index (Phi) is 10.1. The van der Waals surface area contributed by atoms with E-state index >= 15 is 0 Å². The average Bonchev–Trinajstić information content (AvgIpc) is 2.67. The van der Waals surface area contributed by atoms with Crippen molar-refractivity contribution in [3.8, 4) is 0 Å². The van der Waals surface area contributed by atoms with E-state index in [-0.39, 0.29) is 29.0 Å². The van der Waals surface area contributed by atoms with Gasteiger partial charge in [0.2, 0.25) is 5.91 Å². The van der Waals surface area contributed by atoms with E-state index in [0.717, 1.165) is 32.1 Å². The molecule has 2 rings (SSSR count). The van der Waals surface area contributed by atoms with Crippen molar-refractivity contribution in [2.75, 3.05) is 6.54 Å². The summed E-state index contributed by atoms with van der Waals surface area (Å²) in [6.45, 7) is 3.85. The van der Waals surface area contributed by atoms with Gasteiger partial charge in [0.1, 0.15) is 0 Å². The van der Waals surface area contributed by atoms with E-state index in [1.165, 1.54) is 12.1 Å². The molecule has 31 heavy (non-hydrogen) atoms. The predicted octanol–water partition coefficient (Wildman–Crippen LogP) is 4.21. The van der Waals surface area contributed by atoms with E-state index in [2.05, 4.69) is 10.6 Å². The van der Waals surface area contributed by atoms with E-state index < -0.39 is 24.4 Å². The fraction of sp³-hybridized carbons (Fsp3) is 0.636. The van der Waals surface area contributed by atoms with Crippen LogP contribution in [0.2, 0.25) is 15.4 Å². The number of hydrogen-bond donors (Lipinski definition) is 4. The van der Waals surface area contributed by atoms with Crippen LogP contribution in [0, 0.1) is 5.92 Å². The van der Waals surface area contributed by atoms with Gasteiger partial charge in [-0.3, -0.25) is 9.59 Å². The second-order valence-electron chi connectivity index (χ2n) is 8.93. The summed E-state index contributed by atoms with van der Waals surface area (Å²) in [6.07, 6.45) is 6.95. The Morgan fingerprint density at radius 2 is 1.71 bits per heavy atom. The van der Waals surface area contributed by atoms with Gasteiger partial charge in [-0.2, -0.15) is 0 Å². The fourth-order valence-corrected chi connectivity index (χ4v) is 4.81. The van der Waals surface area contributed by atoms with Crippen LogP contribution in [0.15, 0.2) is 18.2 Å². The molecule has 0 bridgehead atoms. The van der Waals surface area contributed by atoms with Crippen LogP contribution in [0.3, 0.4) is 0 Å². The Morgan fingerprint density at radius 3 is 2.29 bits per heavy atom. The van der Waals surface area contributed by atoms with Crippen LogP contribution in [0.1, 0.15) is 75.6 Å². The molecule has 0 radical (unpaired) electrons. The molecule has 0 heterocycles. The minimum absolute atomic E-state index is 0.197. The maximum Gasteiger partial charge on any atom is 0.460 e. The van der Waals surface area contributed by atoms with E-state index in [9.17, 15) is 19.6 Å². The van der Waals surface area contributed by atoms with Crippen molar-refractivity contribution in [2.24, 2.45) is 5.92 Å². The first kappa shape index (κ1) is 26.0. The molecule has 1 saturated carbocycles. The van der Waals surface area contributed by atoms with Gasteiger partial charge in [-0.05, 0) is 43.4 Å². The van der Waals surface area contributed by atoms with Crippen LogP contribution < -0.4 is 10.6 Å². The van der Waals surface area contributed by atoms with Crippen molar-refractivity contribution in [3.63, 3.8) is 0 Å². The smallest absolute Gasteiger partial charge is 0.427 e. The lowest BCUT2D eigenvalue weighted by atomic mass is 9.48. The molecule has 0 aromatic heterocycles. The van der Waals surface area contributed by atoms with Gasteiger partial charge in [-0.25, -0.2) is 0 Å². The summed E-state index contributed by atoms with van der Waals surface area (Å²) in [5, 5.41) is 26.1. The zero-order chi connectivity index (χ0) is 23.0. The van der Waals surface area contributed by atoms with Crippen LogP contribution >= 0.6 is 23.2 Å².